The topological polar surface area (TPSA) is 84.0 Å². The number of amides is 2. The number of allylic oxidation sites excluding steroid dienone is 1. The fraction of sp³-hybridized carbons (Fsp3) is 0.238. The van der Waals surface area contributed by atoms with Crippen molar-refractivity contribution in [3.8, 4) is 5.75 Å². The highest BCUT2D eigenvalue weighted by Crippen LogP contribution is 2.28. The summed E-state index contributed by atoms with van der Waals surface area (Å²) >= 11 is 0. The molecule has 29 heavy (non-hydrogen) atoms. The van der Waals surface area contributed by atoms with E-state index >= 15 is 0 Å². The number of carbonyl (C=O) groups is 2. The summed E-state index contributed by atoms with van der Waals surface area (Å²) in [7, 11) is -2.42. The molecule has 2 amide bonds. The first-order chi connectivity index (χ1) is 13.6. The van der Waals surface area contributed by atoms with Crippen LogP contribution >= 0.6 is 0 Å². The van der Waals surface area contributed by atoms with Gasteiger partial charge in [-0.1, -0.05) is 24.8 Å². The second kappa shape index (κ2) is 8.91. The molecule has 0 radical (unpaired) electrons. The van der Waals surface area contributed by atoms with Gasteiger partial charge < -0.3 is 4.74 Å². The number of anilines is 1. The molecule has 0 aliphatic heterocycles. The molecule has 2 rings (SSSR count). The van der Waals surface area contributed by atoms with E-state index in [-0.39, 0.29) is 11.4 Å². The maximum Gasteiger partial charge on any atom is 0.264 e. The summed E-state index contributed by atoms with van der Waals surface area (Å²) in [6.45, 7) is 7.85. The SMILES string of the molecule is C=C(C)N(Cc1ccccc1N(C(C)=O)C(C)=O)S(=O)(=O)c1ccc(OC)cc1. The molecule has 0 atom stereocenters. The Balaban J connectivity index is 2.50. The number of ether oxygens (including phenoxy) is 1. The fourth-order valence-corrected chi connectivity index (χ4v) is 4.33. The van der Waals surface area contributed by atoms with Crippen LogP contribution in [0, 0.1) is 0 Å². The lowest BCUT2D eigenvalue weighted by Gasteiger charge is -2.27. The Labute approximate surface area is 171 Å². The van der Waals surface area contributed by atoms with Crippen LogP contribution in [0.5, 0.6) is 5.75 Å². The van der Waals surface area contributed by atoms with E-state index in [9.17, 15) is 18.0 Å². The molecule has 0 spiro atoms. The average Bonchev–Trinajstić information content (AvgIpc) is 2.66. The Morgan fingerprint density at radius 3 is 2.00 bits per heavy atom. The lowest BCUT2D eigenvalue weighted by atomic mass is 10.1. The lowest BCUT2D eigenvalue weighted by molar-refractivity contribution is -0.124. The average molecular weight is 416 g/mol. The molecule has 0 N–H and O–H groups in total. The lowest BCUT2D eigenvalue weighted by Crippen LogP contribution is -2.35. The number of methoxy groups -OCH3 is 1. The molecule has 2 aromatic carbocycles. The quantitative estimate of drug-likeness (QED) is 0.691. The zero-order chi connectivity index (χ0) is 21.8. The Morgan fingerprint density at radius 2 is 1.52 bits per heavy atom. The minimum absolute atomic E-state index is 0.0776. The molecule has 0 aliphatic rings. The number of para-hydroxylation sites is 1. The Kier molecular flexibility index (Phi) is 6.81. The number of hydrogen-bond acceptors (Lipinski definition) is 5. The van der Waals surface area contributed by atoms with E-state index in [1.54, 1.807) is 43.3 Å². The molecule has 7 nitrogen and oxygen atoms in total. The van der Waals surface area contributed by atoms with Crippen LogP contribution in [0.25, 0.3) is 0 Å². The van der Waals surface area contributed by atoms with Crippen LogP contribution in [0.1, 0.15) is 26.3 Å². The molecule has 0 aromatic heterocycles. The highest BCUT2D eigenvalue weighted by molar-refractivity contribution is 7.89. The summed E-state index contributed by atoms with van der Waals surface area (Å²) in [4.78, 5) is 25.1. The molecule has 0 aliphatic carbocycles. The van der Waals surface area contributed by atoms with Gasteiger partial charge in [-0.3, -0.25) is 18.8 Å². The Bertz CT molecular complexity index is 1020. The van der Waals surface area contributed by atoms with Crippen molar-refractivity contribution < 1.29 is 22.7 Å². The second-order valence-electron chi connectivity index (χ2n) is 6.42. The summed E-state index contributed by atoms with van der Waals surface area (Å²) in [5.74, 6) is -0.371. The molecule has 0 saturated carbocycles. The minimum atomic E-state index is -3.92. The molecular weight excluding hydrogens is 392 g/mol. The van der Waals surface area contributed by atoms with Crippen molar-refractivity contribution in [1.29, 1.82) is 0 Å². The van der Waals surface area contributed by atoms with Crippen LogP contribution in [0.15, 0.2) is 65.7 Å². The first-order valence-electron chi connectivity index (χ1n) is 8.81. The standard InChI is InChI=1S/C21H24N2O5S/c1-15(2)22(29(26,27)20-12-10-19(28-5)11-13-20)14-18-8-6-7-9-21(18)23(16(3)24)17(4)25/h6-13H,1,14H2,2-5H3. The van der Waals surface area contributed by atoms with E-state index < -0.39 is 21.8 Å². The largest absolute Gasteiger partial charge is 0.497 e. The summed E-state index contributed by atoms with van der Waals surface area (Å²) in [6.07, 6.45) is 0. The third kappa shape index (κ3) is 4.83. The van der Waals surface area contributed by atoms with Crippen molar-refractivity contribution in [2.24, 2.45) is 0 Å². The highest BCUT2D eigenvalue weighted by Gasteiger charge is 2.27. The fourth-order valence-electron chi connectivity index (χ4n) is 2.88. The number of hydrogen-bond donors (Lipinski definition) is 0. The molecule has 2 aromatic rings. The van der Waals surface area contributed by atoms with Gasteiger partial charge in [-0.2, -0.15) is 0 Å². The third-order valence-electron chi connectivity index (χ3n) is 4.25. The number of carbonyl (C=O) groups excluding carboxylic acids is 2. The molecule has 154 valence electrons. The Hall–Kier alpha value is -3.13. The molecule has 0 bridgehead atoms. The van der Waals surface area contributed by atoms with Crippen LogP contribution < -0.4 is 9.64 Å². The third-order valence-corrected chi connectivity index (χ3v) is 6.14. The molecule has 8 heteroatoms. The summed E-state index contributed by atoms with van der Waals surface area (Å²) < 4.78 is 32.6. The van der Waals surface area contributed by atoms with Gasteiger partial charge in [0.05, 0.1) is 24.2 Å². The van der Waals surface area contributed by atoms with Crippen LogP contribution in [0.4, 0.5) is 5.69 Å². The summed E-state index contributed by atoms with van der Waals surface area (Å²) in [5.41, 5.74) is 1.13. The maximum absolute atomic E-state index is 13.2. The van der Waals surface area contributed by atoms with Crippen LogP contribution in [0.3, 0.4) is 0 Å². The van der Waals surface area contributed by atoms with E-state index in [1.807, 2.05) is 0 Å². The van der Waals surface area contributed by atoms with E-state index in [1.165, 1.54) is 33.1 Å². The molecule has 0 unspecified atom stereocenters. The first-order valence-corrected chi connectivity index (χ1v) is 10.2. The van der Waals surface area contributed by atoms with Gasteiger partial charge in [-0.15, -0.1) is 0 Å². The zero-order valence-electron chi connectivity index (χ0n) is 16.9. The highest BCUT2D eigenvalue weighted by atomic mass is 32.2. The first kappa shape index (κ1) is 22.2. The van der Waals surface area contributed by atoms with Crippen LogP contribution in [0.2, 0.25) is 0 Å². The van der Waals surface area contributed by atoms with Crippen molar-refractivity contribution >= 4 is 27.5 Å². The van der Waals surface area contributed by atoms with E-state index in [0.29, 0.717) is 22.7 Å². The van der Waals surface area contributed by atoms with Gasteiger partial charge >= 0.3 is 0 Å². The van der Waals surface area contributed by atoms with Crippen molar-refractivity contribution in [3.05, 3.63) is 66.4 Å². The normalized spacial score (nSPS) is 10.9. The molecule has 0 fully saturated rings. The number of benzene rings is 2. The summed E-state index contributed by atoms with van der Waals surface area (Å²) in [6, 6.07) is 12.7. The predicted molar refractivity (Wildman–Crippen MR) is 111 cm³/mol. The number of rotatable bonds is 7. The van der Waals surface area contributed by atoms with Gasteiger partial charge in [0.15, 0.2) is 0 Å². The van der Waals surface area contributed by atoms with E-state index in [0.717, 1.165) is 9.21 Å². The smallest absolute Gasteiger partial charge is 0.264 e. The van der Waals surface area contributed by atoms with Gasteiger partial charge in [0.25, 0.3) is 10.0 Å². The molecule has 0 heterocycles. The van der Waals surface area contributed by atoms with E-state index in [2.05, 4.69) is 6.58 Å². The molecular formula is C21H24N2O5S. The predicted octanol–water partition coefficient (Wildman–Crippen LogP) is 3.32. The Morgan fingerprint density at radius 1 is 0.966 bits per heavy atom. The zero-order valence-corrected chi connectivity index (χ0v) is 17.7. The monoisotopic (exact) mass is 416 g/mol. The van der Waals surface area contributed by atoms with Gasteiger partial charge in [-0.25, -0.2) is 8.42 Å². The van der Waals surface area contributed by atoms with Gasteiger partial charge in [0, 0.05) is 19.5 Å². The number of imide groups is 1. The van der Waals surface area contributed by atoms with Gasteiger partial charge in [-0.05, 0) is 42.8 Å². The number of nitrogens with zero attached hydrogens (tertiary/aromatic N) is 2. The maximum atomic E-state index is 13.2. The minimum Gasteiger partial charge on any atom is -0.497 e. The van der Waals surface area contributed by atoms with Crippen LogP contribution in [-0.4, -0.2) is 31.6 Å². The summed E-state index contributed by atoms with van der Waals surface area (Å²) in [5, 5.41) is 0. The van der Waals surface area contributed by atoms with Gasteiger partial charge in [0.1, 0.15) is 5.75 Å². The second-order valence-corrected chi connectivity index (χ2v) is 8.29. The number of sulfonamides is 1. The van der Waals surface area contributed by atoms with Crippen molar-refractivity contribution in [3.63, 3.8) is 0 Å². The van der Waals surface area contributed by atoms with Gasteiger partial charge in [0.2, 0.25) is 11.8 Å². The van der Waals surface area contributed by atoms with Crippen molar-refractivity contribution in [2.45, 2.75) is 32.2 Å². The van der Waals surface area contributed by atoms with Crippen molar-refractivity contribution in [1.82, 2.24) is 4.31 Å². The van der Waals surface area contributed by atoms with Crippen LogP contribution in [-0.2, 0) is 26.2 Å². The van der Waals surface area contributed by atoms with Crippen molar-refractivity contribution in [2.75, 3.05) is 12.0 Å². The van der Waals surface area contributed by atoms with E-state index in [4.69, 9.17) is 4.74 Å². The molecule has 0 saturated heterocycles.